The van der Waals surface area contributed by atoms with Gasteiger partial charge in [-0.1, -0.05) is 6.07 Å². The van der Waals surface area contributed by atoms with Crippen molar-refractivity contribution in [1.82, 2.24) is 14.8 Å². The van der Waals surface area contributed by atoms with Crippen LogP contribution in [-0.4, -0.2) is 72.7 Å². The van der Waals surface area contributed by atoms with Gasteiger partial charge in [0.15, 0.2) is 0 Å². The molecule has 0 aliphatic carbocycles. The van der Waals surface area contributed by atoms with Gasteiger partial charge < -0.3 is 24.3 Å². The number of H-pyrrole nitrogens is 1. The minimum atomic E-state index is 0.115. The average Bonchev–Trinajstić information content (AvgIpc) is 3.12. The molecule has 1 N–H and O–H groups in total. The number of nitrogens with one attached hydrogen (secondary N) is 1. The quantitative estimate of drug-likeness (QED) is 0.900. The minimum Gasteiger partial charge on any atom is -0.490 e. The number of aromatic nitrogens is 1. The summed E-state index contributed by atoms with van der Waals surface area (Å²) in [5, 5.41) is 1.15. The second-order valence-electron chi connectivity index (χ2n) is 6.79. The van der Waals surface area contributed by atoms with E-state index in [2.05, 4.69) is 22.0 Å². The Labute approximate surface area is 147 Å². The topological polar surface area (TPSA) is 57.8 Å². The number of likely N-dealkylation sites (tertiary alicyclic amines) is 1. The zero-order chi connectivity index (χ0) is 17.1. The molecule has 1 aromatic heterocycles. The van der Waals surface area contributed by atoms with Crippen LogP contribution < -0.4 is 4.74 Å². The number of morpholine rings is 1. The number of hydrogen-bond acceptors (Lipinski definition) is 4. The number of carbonyl (C=O) groups is 1. The van der Waals surface area contributed by atoms with E-state index in [1.165, 1.54) is 0 Å². The van der Waals surface area contributed by atoms with Gasteiger partial charge in [-0.2, -0.15) is 0 Å². The molecule has 0 spiro atoms. The van der Waals surface area contributed by atoms with E-state index in [1.54, 1.807) is 0 Å². The molecule has 2 aromatic rings. The zero-order valence-electron chi connectivity index (χ0n) is 14.4. The van der Waals surface area contributed by atoms with E-state index in [-0.39, 0.29) is 18.6 Å². The van der Waals surface area contributed by atoms with Crippen LogP contribution in [0.3, 0.4) is 0 Å². The predicted octanol–water partition coefficient (Wildman–Crippen LogP) is 1.87. The molecule has 6 nitrogen and oxygen atoms in total. The highest BCUT2D eigenvalue weighted by molar-refractivity contribution is 5.85. The maximum Gasteiger partial charge on any atom is 0.248 e. The van der Waals surface area contributed by atoms with Crippen LogP contribution >= 0.6 is 0 Å². The van der Waals surface area contributed by atoms with Gasteiger partial charge in [0.2, 0.25) is 5.91 Å². The Balaban J connectivity index is 1.25. The van der Waals surface area contributed by atoms with E-state index in [1.807, 2.05) is 23.2 Å². The van der Waals surface area contributed by atoms with Crippen LogP contribution in [0.1, 0.15) is 12.8 Å². The molecule has 0 saturated carbocycles. The van der Waals surface area contributed by atoms with E-state index >= 15 is 0 Å². The molecule has 4 rings (SSSR count). The summed E-state index contributed by atoms with van der Waals surface area (Å²) in [6, 6.07) is 8.21. The van der Waals surface area contributed by atoms with Gasteiger partial charge in [0.1, 0.15) is 18.5 Å². The number of hydrogen-bond donors (Lipinski definition) is 1. The van der Waals surface area contributed by atoms with E-state index in [0.29, 0.717) is 6.61 Å². The van der Waals surface area contributed by atoms with Crippen molar-refractivity contribution in [3.63, 3.8) is 0 Å². The molecule has 0 unspecified atom stereocenters. The minimum absolute atomic E-state index is 0.115. The zero-order valence-corrected chi connectivity index (χ0v) is 14.4. The van der Waals surface area contributed by atoms with Crippen molar-refractivity contribution >= 4 is 16.8 Å². The first kappa shape index (κ1) is 16.4. The van der Waals surface area contributed by atoms with Gasteiger partial charge in [0.25, 0.3) is 0 Å². The third kappa shape index (κ3) is 3.80. The number of ether oxygens (including phenoxy) is 2. The molecule has 0 atom stereocenters. The number of rotatable bonds is 5. The van der Waals surface area contributed by atoms with Crippen LogP contribution in [0.4, 0.5) is 0 Å². The van der Waals surface area contributed by atoms with E-state index in [9.17, 15) is 4.79 Å². The molecule has 2 saturated heterocycles. The molecule has 1 aromatic carbocycles. The monoisotopic (exact) mass is 343 g/mol. The number of nitrogens with zero attached hydrogens (tertiary/aromatic N) is 2. The maximum atomic E-state index is 11.8. The van der Waals surface area contributed by atoms with Crippen LogP contribution in [0.25, 0.3) is 10.9 Å². The third-order valence-electron chi connectivity index (χ3n) is 5.15. The summed E-state index contributed by atoms with van der Waals surface area (Å²) in [5.41, 5.74) is 1.12. The van der Waals surface area contributed by atoms with E-state index in [4.69, 9.17) is 9.47 Å². The highest BCUT2D eigenvalue weighted by atomic mass is 16.5. The van der Waals surface area contributed by atoms with Gasteiger partial charge in [-0.25, -0.2) is 0 Å². The van der Waals surface area contributed by atoms with Crippen molar-refractivity contribution in [3.8, 4) is 5.75 Å². The lowest BCUT2D eigenvalue weighted by molar-refractivity contribution is -0.142. The lowest BCUT2D eigenvalue weighted by Crippen LogP contribution is -2.47. The second kappa shape index (κ2) is 7.45. The highest BCUT2D eigenvalue weighted by Gasteiger charge is 2.23. The largest absolute Gasteiger partial charge is 0.490 e. The van der Waals surface area contributed by atoms with Gasteiger partial charge in [0.05, 0.1) is 6.61 Å². The molecule has 3 heterocycles. The molecule has 2 aliphatic heterocycles. The van der Waals surface area contributed by atoms with Crippen molar-refractivity contribution in [3.05, 3.63) is 30.5 Å². The Kier molecular flexibility index (Phi) is 4.90. The second-order valence-corrected chi connectivity index (χ2v) is 6.79. The van der Waals surface area contributed by atoms with Crippen molar-refractivity contribution in [2.24, 2.45) is 0 Å². The number of carbonyl (C=O) groups excluding carboxylic acids is 1. The van der Waals surface area contributed by atoms with Crippen LogP contribution in [-0.2, 0) is 9.53 Å². The Bertz CT molecular complexity index is 722. The summed E-state index contributed by atoms with van der Waals surface area (Å²) in [7, 11) is 0. The fraction of sp³-hybridized carbons (Fsp3) is 0.526. The Morgan fingerprint density at radius 3 is 2.88 bits per heavy atom. The average molecular weight is 343 g/mol. The Hall–Kier alpha value is -2.05. The number of piperidine rings is 1. The van der Waals surface area contributed by atoms with Crippen molar-refractivity contribution in [2.75, 3.05) is 45.9 Å². The number of benzene rings is 1. The molecule has 2 aliphatic rings. The number of amides is 1. The summed E-state index contributed by atoms with van der Waals surface area (Å²) in [4.78, 5) is 19.3. The molecule has 25 heavy (non-hydrogen) atoms. The van der Waals surface area contributed by atoms with Gasteiger partial charge in [-0.15, -0.1) is 0 Å². The van der Waals surface area contributed by atoms with E-state index in [0.717, 1.165) is 62.2 Å². The molecular weight excluding hydrogens is 318 g/mol. The highest BCUT2D eigenvalue weighted by Crippen LogP contribution is 2.27. The smallest absolute Gasteiger partial charge is 0.248 e. The van der Waals surface area contributed by atoms with Gasteiger partial charge in [-0.05, 0) is 31.0 Å². The molecule has 1 amide bonds. The van der Waals surface area contributed by atoms with Crippen LogP contribution in [0.2, 0.25) is 0 Å². The lowest BCUT2D eigenvalue weighted by Gasteiger charge is -2.34. The van der Waals surface area contributed by atoms with Gasteiger partial charge >= 0.3 is 0 Å². The van der Waals surface area contributed by atoms with Crippen LogP contribution in [0, 0.1) is 0 Å². The SMILES string of the molecule is O=C1COCCN1CCN1CCC(Oc2cccc3[nH]ccc23)CC1. The predicted molar refractivity (Wildman–Crippen MR) is 95.8 cm³/mol. The van der Waals surface area contributed by atoms with Crippen LogP contribution in [0.5, 0.6) is 5.75 Å². The molecule has 2 fully saturated rings. The van der Waals surface area contributed by atoms with Crippen molar-refractivity contribution in [1.29, 1.82) is 0 Å². The standard InChI is InChI=1S/C19H25N3O3/c23-19-14-24-13-12-22(19)11-10-21-8-5-15(6-9-21)25-18-3-1-2-17-16(18)4-7-20-17/h1-4,7,15,20H,5-6,8-14H2. The van der Waals surface area contributed by atoms with Gasteiger partial charge in [0, 0.05) is 49.8 Å². The molecule has 6 heteroatoms. The third-order valence-corrected chi connectivity index (χ3v) is 5.15. The summed E-state index contributed by atoms with van der Waals surface area (Å²) < 4.78 is 11.4. The van der Waals surface area contributed by atoms with E-state index < -0.39 is 0 Å². The molecule has 0 radical (unpaired) electrons. The first-order chi connectivity index (χ1) is 12.3. The Morgan fingerprint density at radius 1 is 1.16 bits per heavy atom. The summed E-state index contributed by atoms with van der Waals surface area (Å²) in [6.45, 7) is 5.40. The number of fused-ring (bicyclic) bond motifs is 1. The maximum absolute atomic E-state index is 11.8. The number of aromatic amines is 1. The fourth-order valence-corrected chi connectivity index (χ4v) is 3.64. The summed E-state index contributed by atoms with van der Waals surface area (Å²) in [6.07, 6.45) is 4.27. The summed E-state index contributed by atoms with van der Waals surface area (Å²) in [5.74, 6) is 1.08. The Morgan fingerprint density at radius 2 is 2.04 bits per heavy atom. The summed E-state index contributed by atoms with van der Waals surface area (Å²) >= 11 is 0. The van der Waals surface area contributed by atoms with Crippen molar-refractivity contribution in [2.45, 2.75) is 18.9 Å². The normalized spacial score (nSPS) is 20.3. The van der Waals surface area contributed by atoms with Crippen LogP contribution in [0.15, 0.2) is 30.5 Å². The fourth-order valence-electron chi connectivity index (χ4n) is 3.64. The molecular formula is C19H25N3O3. The van der Waals surface area contributed by atoms with Crippen molar-refractivity contribution < 1.29 is 14.3 Å². The molecule has 134 valence electrons. The molecule has 0 bridgehead atoms. The first-order valence-electron chi connectivity index (χ1n) is 9.10. The first-order valence-corrected chi connectivity index (χ1v) is 9.10. The lowest BCUT2D eigenvalue weighted by atomic mass is 10.1. The van der Waals surface area contributed by atoms with Gasteiger partial charge in [-0.3, -0.25) is 4.79 Å².